The Kier molecular flexibility index (Phi) is 6.42. The number of hydrogen-bond donors (Lipinski definition) is 0. The maximum absolute atomic E-state index is 6.85. The van der Waals surface area contributed by atoms with Crippen molar-refractivity contribution in [1.82, 2.24) is 4.57 Å². The Hall–Kier alpha value is -5.41. The van der Waals surface area contributed by atoms with E-state index in [0.29, 0.717) is 5.92 Å². The third kappa shape index (κ3) is 4.38. The zero-order valence-corrected chi connectivity index (χ0v) is 26.1. The molecule has 2 aromatic heterocycles. The highest BCUT2D eigenvalue weighted by atomic mass is 16.3. The lowest BCUT2D eigenvalue weighted by molar-refractivity contribution is -0.633. The normalized spacial score (nSPS) is 11.8. The highest BCUT2D eigenvalue weighted by molar-refractivity contribution is 6.10. The van der Waals surface area contributed by atoms with Crippen molar-refractivity contribution < 1.29 is 8.98 Å². The van der Waals surface area contributed by atoms with E-state index in [4.69, 9.17) is 4.42 Å². The van der Waals surface area contributed by atoms with Crippen LogP contribution in [-0.2, 0) is 7.05 Å². The Labute approximate surface area is 263 Å². The van der Waals surface area contributed by atoms with Gasteiger partial charge in [0.1, 0.15) is 16.8 Å². The first kappa shape index (κ1) is 27.2. The van der Waals surface area contributed by atoms with E-state index in [0.717, 1.165) is 38.9 Å². The summed E-state index contributed by atoms with van der Waals surface area (Å²) >= 11 is 0. The number of imidazole rings is 1. The summed E-state index contributed by atoms with van der Waals surface area (Å²) in [5.74, 6) is 1.43. The number of aryl methyl sites for hydroxylation is 2. The number of para-hydroxylation sites is 2. The molecule has 0 atom stereocenters. The van der Waals surface area contributed by atoms with Crippen LogP contribution in [0.25, 0.3) is 72.3 Å². The smallest absolute Gasteiger partial charge is 0.298 e. The van der Waals surface area contributed by atoms with Crippen molar-refractivity contribution in [1.29, 1.82) is 0 Å². The molecule has 0 aliphatic heterocycles. The first-order chi connectivity index (χ1) is 22.0. The van der Waals surface area contributed by atoms with Crippen LogP contribution in [0.4, 0.5) is 0 Å². The molecule has 2 heterocycles. The molecule has 45 heavy (non-hydrogen) atoms. The van der Waals surface area contributed by atoms with Crippen molar-refractivity contribution in [3.63, 3.8) is 0 Å². The van der Waals surface area contributed by atoms with E-state index >= 15 is 0 Å². The fraction of sp³-hybridized carbons (Fsp3) is 0.119. The van der Waals surface area contributed by atoms with Crippen LogP contribution in [0, 0.1) is 6.92 Å². The standard InChI is InChI=1S/C42H35N2O/c1-27(2)35-25-31(29-13-7-5-8-14-29)21-24-36(35)44-38-18-12-11-17-37(38)43(4)42(44)40-28(3)19-22-34-33-23-20-32(26-39(33)45-41(34)40)30-15-9-6-10-16-30/h5-27H,1-4H3/q+1. The monoisotopic (exact) mass is 583 g/mol. The quantitative estimate of drug-likeness (QED) is 0.185. The third-order valence-electron chi connectivity index (χ3n) is 9.19. The minimum absolute atomic E-state index is 0.322. The van der Waals surface area contributed by atoms with E-state index in [-0.39, 0.29) is 0 Å². The average molecular weight is 584 g/mol. The largest absolute Gasteiger partial charge is 0.455 e. The van der Waals surface area contributed by atoms with E-state index in [9.17, 15) is 0 Å². The second-order valence-corrected chi connectivity index (χ2v) is 12.3. The molecule has 3 nitrogen and oxygen atoms in total. The molecule has 3 heteroatoms. The van der Waals surface area contributed by atoms with Crippen LogP contribution in [0.1, 0.15) is 30.9 Å². The maximum Gasteiger partial charge on any atom is 0.298 e. The van der Waals surface area contributed by atoms with E-state index in [1.54, 1.807) is 0 Å². The maximum atomic E-state index is 6.85. The first-order valence-electron chi connectivity index (χ1n) is 15.7. The molecule has 8 rings (SSSR count). The van der Waals surface area contributed by atoms with Crippen LogP contribution >= 0.6 is 0 Å². The molecule has 0 unspecified atom stereocenters. The fourth-order valence-electron chi connectivity index (χ4n) is 6.90. The lowest BCUT2D eigenvalue weighted by atomic mass is 9.95. The molecular weight excluding hydrogens is 548 g/mol. The molecule has 0 saturated carbocycles. The number of rotatable bonds is 5. The molecule has 0 aliphatic rings. The van der Waals surface area contributed by atoms with E-state index < -0.39 is 0 Å². The molecule has 6 aromatic carbocycles. The predicted octanol–water partition coefficient (Wildman–Crippen LogP) is 10.8. The van der Waals surface area contributed by atoms with Gasteiger partial charge in [0, 0.05) is 16.3 Å². The van der Waals surface area contributed by atoms with Gasteiger partial charge in [-0.3, -0.25) is 0 Å². The molecule has 218 valence electrons. The summed E-state index contributed by atoms with van der Waals surface area (Å²) in [7, 11) is 2.18. The van der Waals surface area contributed by atoms with Crippen molar-refractivity contribution in [3.8, 4) is 39.3 Å². The van der Waals surface area contributed by atoms with E-state index in [2.05, 4.69) is 170 Å². The van der Waals surface area contributed by atoms with Gasteiger partial charge in [0.05, 0.1) is 7.05 Å². The molecule has 0 N–H and O–H groups in total. The number of nitrogens with zero attached hydrogens (tertiary/aromatic N) is 2. The first-order valence-corrected chi connectivity index (χ1v) is 15.7. The minimum atomic E-state index is 0.322. The van der Waals surface area contributed by atoms with Crippen LogP contribution in [0.15, 0.2) is 138 Å². The van der Waals surface area contributed by atoms with Gasteiger partial charge in [-0.2, -0.15) is 4.57 Å². The SMILES string of the molecule is Cc1ccc2c(oc3cc(-c4ccccc4)ccc32)c1-c1n(-c2ccc(-c3ccccc3)cc2C(C)C)c2ccccc2[n+]1C. The Morgan fingerprint density at radius 2 is 1.24 bits per heavy atom. The summed E-state index contributed by atoms with van der Waals surface area (Å²) in [6.07, 6.45) is 0. The van der Waals surface area contributed by atoms with Gasteiger partial charge in [0.15, 0.2) is 16.6 Å². The molecule has 0 aliphatic carbocycles. The second-order valence-electron chi connectivity index (χ2n) is 12.3. The number of hydrogen-bond acceptors (Lipinski definition) is 1. The van der Waals surface area contributed by atoms with E-state index in [1.807, 2.05) is 0 Å². The molecule has 0 saturated heterocycles. The number of fused-ring (bicyclic) bond motifs is 4. The van der Waals surface area contributed by atoms with Crippen LogP contribution in [0.2, 0.25) is 0 Å². The Morgan fingerprint density at radius 3 is 1.96 bits per heavy atom. The molecule has 0 fully saturated rings. The van der Waals surface area contributed by atoms with Gasteiger partial charge >= 0.3 is 0 Å². The molecule has 0 amide bonds. The molecule has 0 radical (unpaired) electrons. The fourth-order valence-corrected chi connectivity index (χ4v) is 6.90. The van der Waals surface area contributed by atoms with Crippen molar-refractivity contribution in [2.24, 2.45) is 7.05 Å². The van der Waals surface area contributed by atoms with Gasteiger partial charge in [0.2, 0.25) is 0 Å². The second kappa shape index (κ2) is 10.6. The zero-order valence-electron chi connectivity index (χ0n) is 26.1. The predicted molar refractivity (Wildman–Crippen MR) is 187 cm³/mol. The Morgan fingerprint density at radius 1 is 0.622 bits per heavy atom. The van der Waals surface area contributed by atoms with Crippen LogP contribution in [0.5, 0.6) is 0 Å². The highest BCUT2D eigenvalue weighted by Gasteiger charge is 2.32. The highest BCUT2D eigenvalue weighted by Crippen LogP contribution is 2.41. The zero-order chi connectivity index (χ0) is 30.7. The van der Waals surface area contributed by atoms with Crippen molar-refractivity contribution in [2.75, 3.05) is 0 Å². The summed E-state index contributed by atoms with van der Waals surface area (Å²) in [6, 6.07) is 47.8. The minimum Gasteiger partial charge on any atom is -0.455 e. The van der Waals surface area contributed by atoms with Crippen molar-refractivity contribution >= 4 is 33.0 Å². The molecule has 8 aromatic rings. The molecule has 0 spiro atoms. The van der Waals surface area contributed by atoms with Crippen LogP contribution < -0.4 is 4.57 Å². The summed E-state index contributed by atoms with van der Waals surface area (Å²) in [4.78, 5) is 0. The summed E-state index contributed by atoms with van der Waals surface area (Å²) in [5, 5.41) is 2.26. The Bertz CT molecular complexity index is 2360. The van der Waals surface area contributed by atoms with Gasteiger partial charge in [-0.1, -0.05) is 111 Å². The van der Waals surface area contributed by atoms with Crippen molar-refractivity contribution in [3.05, 3.63) is 145 Å². The van der Waals surface area contributed by atoms with E-state index in [1.165, 1.54) is 44.5 Å². The Balaban J connectivity index is 1.42. The van der Waals surface area contributed by atoms with Crippen LogP contribution in [-0.4, -0.2) is 4.57 Å². The number of aromatic nitrogens is 2. The van der Waals surface area contributed by atoms with Gasteiger partial charge in [-0.25, -0.2) is 4.57 Å². The summed E-state index contributed by atoms with van der Waals surface area (Å²) < 4.78 is 11.6. The lowest BCUT2D eigenvalue weighted by Crippen LogP contribution is -2.30. The summed E-state index contributed by atoms with van der Waals surface area (Å²) in [5.41, 5.74) is 13.8. The van der Waals surface area contributed by atoms with Gasteiger partial charge in [-0.15, -0.1) is 0 Å². The lowest BCUT2D eigenvalue weighted by Gasteiger charge is -2.15. The summed E-state index contributed by atoms with van der Waals surface area (Å²) in [6.45, 7) is 6.77. The molecule has 0 bridgehead atoms. The average Bonchev–Trinajstić information content (AvgIpc) is 3.59. The number of benzene rings is 6. The van der Waals surface area contributed by atoms with Gasteiger partial charge in [0.25, 0.3) is 5.82 Å². The van der Waals surface area contributed by atoms with Gasteiger partial charge < -0.3 is 4.42 Å². The van der Waals surface area contributed by atoms with Crippen LogP contribution in [0.3, 0.4) is 0 Å². The van der Waals surface area contributed by atoms with Crippen molar-refractivity contribution in [2.45, 2.75) is 26.7 Å². The number of furan rings is 1. The third-order valence-corrected chi connectivity index (χ3v) is 9.19. The van der Waals surface area contributed by atoms with Gasteiger partial charge in [-0.05, 0) is 77.1 Å². The topological polar surface area (TPSA) is 21.9 Å². The molecular formula is C42H35N2O+.